The lowest BCUT2D eigenvalue weighted by Gasteiger charge is -2.71. The molecule has 0 amide bonds. The smallest absolute Gasteiger partial charge is 0.307 e. The molecule has 2 N–H and O–H groups in total. The Balaban J connectivity index is 1.41. The van der Waals surface area contributed by atoms with Gasteiger partial charge in [0.15, 0.2) is 5.82 Å². The van der Waals surface area contributed by atoms with E-state index in [9.17, 15) is 9.90 Å². The van der Waals surface area contributed by atoms with E-state index in [2.05, 4.69) is 90.3 Å². The predicted octanol–water partition coefficient (Wildman–Crippen LogP) is 8.49. The maximum absolute atomic E-state index is 13.7. The van der Waals surface area contributed by atoms with E-state index < -0.39 is 17.3 Å². The second kappa shape index (κ2) is 13.3. The van der Waals surface area contributed by atoms with Crippen LogP contribution in [0.4, 0.5) is 0 Å². The van der Waals surface area contributed by atoms with Crippen LogP contribution in [-0.4, -0.2) is 69.3 Å². The van der Waals surface area contributed by atoms with Gasteiger partial charge in [-0.1, -0.05) is 74.0 Å². The molecule has 0 spiro atoms. The largest absolute Gasteiger partial charge is 0.481 e. The highest BCUT2D eigenvalue weighted by atomic mass is 16.5. The standard InChI is InChI=1S/C44H67N5O4/c1-27(2)29(5)40(7)18-19-41(8)31-12-13-34-39(6)22-33(49-37(47-26-48-49)30-15-20-46-21-16-30)36(53-24-43(10,45-11)28(3)4)44(34,25-52-23-39)32(31)14-17-42(41,9)35(40)38(50)51/h14-16,20-21,26-29,31,33-36,45H,12-13,17-19,22-25H2,1-11H3,(H,50,51)/t29-,31+,33-,34-,35-,36+,39-,40-,41-,42+,43+,44+/m1/s1. The lowest BCUT2D eigenvalue weighted by Crippen LogP contribution is -2.70. The number of likely N-dealkylation sites (N-methyl/N-ethyl adjacent to an activating group) is 1. The van der Waals surface area contributed by atoms with Crippen LogP contribution < -0.4 is 5.32 Å². The van der Waals surface area contributed by atoms with E-state index in [0.29, 0.717) is 43.5 Å². The SMILES string of the molecule is CN[C@@](C)(CO[C@H]1[C@H](n2ncnc2-c2ccncc2)C[C@]2(C)COC[C@@]13C1=CC[C@@]4(C)[C@H](C(=O)O)[C@@](C)([C@H](C)C(C)C)CC[C@]4(C)[C@H]1CC[C@H]23)C(C)C. The van der Waals surface area contributed by atoms with Gasteiger partial charge in [-0.3, -0.25) is 9.78 Å². The minimum Gasteiger partial charge on any atom is -0.481 e. The van der Waals surface area contributed by atoms with Crippen LogP contribution in [0.2, 0.25) is 0 Å². The highest BCUT2D eigenvalue weighted by Gasteiger charge is 2.72. The first-order valence-corrected chi connectivity index (χ1v) is 20.5. The first kappa shape index (κ1) is 38.6. The van der Waals surface area contributed by atoms with Gasteiger partial charge in [-0.05, 0) is 116 Å². The molecule has 9 heteroatoms. The Bertz CT molecular complexity index is 1710. The van der Waals surface area contributed by atoms with Crippen LogP contribution in [0, 0.1) is 62.6 Å². The number of nitrogens with zero attached hydrogens (tertiary/aromatic N) is 4. The molecule has 3 heterocycles. The summed E-state index contributed by atoms with van der Waals surface area (Å²) < 4.78 is 16.5. The molecule has 53 heavy (non-hydrogen) atoms. The van der Waals surface area contributed by atoms with E-state index >= 15 is 0 Å². The van der Waals surface area contributed by atoms with Crippen molar-refractivity contribution in [3.05, 3.63) is 42.5 Å². The fourth-order valence-corrected chi connectivity index (χ4v) is 13.1. The van der Waals surface area contributed by atoms with E-state index in [1.807, 2.05) is 31.6 Å². The molecular weight excluding hydrogens is 663 g/mol. The third-order valence-electron chi connectivity index (χ3n) is 17.2. The summed E-state index contributed by atoms with van der Waals surface area (Å²) in [5.74, 6) is 1.45. The molecule has 0 unspecified atom stereocenters. The van der Waals surface area contributed by atoms with Crippen LogP contribution in [0.5, 0.6) is 0 Å². The monoisotopic (exact) mass is 730 g/mol. The Hall–Kier alpha value is -2.62. The van der Waals surface area contributed by atoms with Crippen molar-refractivity contribution < 1.29 is 19.4 Å². The summed E-state index contributed by atoms with van der Waals surface area (Å²) in [6, 6.07) is 3.95. The lowest BCUT2D eigenvalue weighted by atomic mass is 9.34. The van der Waals surface area contributed by atoms with Gasteiger partial charge in [0.05, 0.1) is 37.9 Å². The number of ether oxygens (including phenoxy) is 2. The number of hydrogen-bond donors (Lipinski definition) is 2. The Labute approximate surface area is 318 Å². The number of carboxylic acid groups (broad SMARTS) is 1. The van der Waals surface area contributed by atoms with Gasteiger partial charge in [-0.15, -0.1) is 0 Å². The molecular formula is C44H67N5O4. The van der Waals surface area contributed by atoms with Gasteiger partial charge in [0.1, 0.15) is 6.33 Å². The first-order valence-electron chi connectivity index (χ1n) is 20.5. The van der Waals surface area contributed by atoms with E-state index in [1.165, 1.54) is 5.57 Å². The molecule has 5 aliphatic rings. The average molecular weight is 730 g/mol. The lowest BCUT2D eigenvalue weighted by molar-refractivity contribution is -0.254. The molecule has 7 rings (SSSR count). The fourth-order valence-electron chi connectivity index (χ4n) is 13.1. The van der Waals surface area contributed by atoms with Crippen molar-refractivity contribution in [2.75, 3.05) is 26.9 Å². The number of aliphatic carboxylic acids is 1. The molecule has 0 aromatic carbocycles. The zero-order valence-electron chi connectivity index (χ0n) is 34.4. The number of aromatic nitrogens is 4. The molecule has 4 aliphatic carbocycles. The summed E-state index contributed by atoms with van der Waals surface area (Å²) in [7, 11) is 2.04. The van der Waals surface area contributed by atoms with Crippen LogP contribution in [0.1, 0.15) is 114 Å². The number of rotatable bonds is 10. The first-order chi connectivity index (χ1) is 24.9. The van der Waals surface area contributed by atoms with Crippen LogP contribution >= 0.6 is 0 Å². The molecule has 1 saturated heterocycles. The molecule has 12 atom stereocenters. The second-order valence-corrected chi connectivity index (χ2v) is 20.0. The van der Waals surface area contributed by atoms with Crippen molar-refractivity contribution in [2.45, 2.75) is 125 Å². The summed E-state index contributed by atoms with van der Waals surface area (Å²) in [6.07, 6.45) is 13.4. The van der Waals surface area contributed by atoms with Crippen molar-refractivity contribution in [3.63, 3.8) is 0 Å². The molecule has 2 bridgehead atoms. The van der Waals surface area contributed by atoms with Crippen molar-refractivity contribution in [1.82, 2.24) is 25.1 Å². The minimum atomic E-state index is -0.625. The zero-order chi connectivity index (χ0) is 38.4. The number of nitrogens with one attached hydrogen (secondary N) is 1. The van der Waals surface area contributed by atoms with Crippen molar-refractivity contribution in [2.24, 2.45) is 62.6 Å². The van der Waals surface area contributed by atoms with Gasteiger partial charge in [0, 0.05) is 28.9 Å². The van der Waals surface area contributed by atoms with Crippen molar-refractivity contribution in [1.29, 1.82) is 0 Å². The normalized spacial score (nSPS) is 41.2. The number of allylic oxidation sites excluding steroid dienone is 1. The van der Waals surface area contributed by atoms with E-state index in [4.69, 9.17) is 19.6 Å². The molecule has 2 aromatic rings. The van der Waals surface area contributed by atoms with Gasteiger partial charge in [0.2, 0.25) is 0 Å². The molecule has 9 nitrogen and oxygen atoms in total. The number of carboxylic acids is 1. The number of fused-ring (bicyclic) bond motifs is 3. The van der Waals surface area contributed by atoms with E-state index in [1.54, 1.807) is 6.33 Å². The van der Waals surface area contributed by atoms with Gasteiger partial charge in [-0.25, -0.2) is 9.67 Å². The summed E-state index contributed by atoms with van der Waals surface area (Å²) in [6.45, 7) is 25.0. The topological polar surface area (TPSA) is 111 Å². The predicted molar refractivity (Wildman–Crippen MR) is 208 cm³/mol. The van der Waals surface area contributed by atoms with Crippen LogP contribution in [0.25, 0.3) is 11.4 Å². The number of pyridine rings is 1. The fraction of sp³-hybridized carbons (Fsp3) is 0.773. The van der Waals surface area contributed by atoms with Crippen LogP contribution in [0.15, 0.2) is 42.5 Å². The van der Waals surface area contributed by atoms with E-state index in [0.717, 1.165) is 49.9 Å². The molecule has 1 aliphatic heterocycles. The van der Waals surface area contributed by atoms with Crippen molar-refractivity contribution >= 4 is 5.97 Å². The highest BCUT2D eigenvalue weighted by Crippen LogP contribution is 2.75. The highest BCUT2D eigenvalue weighted by molar-refractivity contribution is 5.73. The summed E-state index contributed by atoms with van der Waals surface area (Å²) in [5, 5.41) is 19.8. The van der Waals surface area contributed by atoms with Gasteiger partial charge < -0.3 is 19.9 Å². The third-order valence-corrected chi connectivity index (χ3v) is 17.2. The third kappa shape index (κ3) is 5.47. The Morgan fingerprint density at radius 2 is 1.79 bits per heavy atom. The minimum absolute atomic E-state index is 0.0758. The maximum Gasteiger partial charge on any atom is 0.307 e. The quantitative estimate of drug-likeness (QED) is 0.234. The van der Waals surface area contributed by atoms with Crippen LogP contribution in [0.3, 0.4) is 0 Å². The Morgan fingerprint density at radius 3 is 2.43 bits per heavy atom. The van der Waals surface area contributed by atoms with Crippen molar-refractivity contribution in [3.8, 4) is 11.4 Å². The molecule has 292 valence electrons. The molecule has 2 aromatic heterocycles. The molecule has 0 radical (unpaired) electrons. The maximum atomic E-state index is 13.7. The average Bonchev–Trinajstić information content (AvgIpc) is 3.61. The zero-order valence-corrected chi connectivity index (χ0v) is 34.4. The van der Waals surface area contributed by atoms with Gasteiger partial charge >= 0.3 is 5.97 Å². The van der Waals surface area contributed by atoms with Gasteiger partial charge in [-0.2, -0.15) is 5.10 Å². The van der Waals surface area contributed by atoms with Gasteiger partial charge in [0.25, 0.3) is 0 Å². The Morgan fingerprint density at radius 1 is 1.08 bits per heavy atom. The molecule has 4 fully saturated rings. The Kier molecular flexibility index (Phi) is 9.67. The summed E-state index contributed by atoms with van der Waals surface area (Å²) in [4.78, 5) is 22.8. The number of hydrogen-bond acceptors (Lipinski definition) is 7. The summed E-state index contributed by atoms with van der Waals surface area (Å²) >= 11 is 0. The molecule has 3 saturated carbocycles. The second-order valence-electron chi connectivity index (χ2n) is 20.0. The summed E-state index contributed by atoms with van der Waals surface area (Å²) in [5.41, 5.74) is 0.886. The van der Waals surface area contributed by atoms with Crippen LogP contribution in [-0.2, 0) is 14.3 Å². The van der Waals surface area contributed by atoms with E-state index in [-0.39, 0.29) is 45.3 Å². The number of carbonyl (C=O) groups is 1.